The summed E-state index contributed by atoms with van der Waals surface area (Å²) in [6, 6.07) is 0. The number of hydrogen-bond acceptors (Lipinski definition) is 3. The monoisotopic (exact) mass is 268 g/mol. The van der Waals surface area contributed by atoms with Gasteiger partial charge in [-0.25, -0.2) is 0 Å². The summed E-state index contributed by atoms with van der Waals surface area (Å²) in [5.74, 6) is 1.42. The Morgan fingerprint density at radius 1 is 1.42 bits per heavy atom. The van der Waals surface area contributed by atoms with Crippen LogP contribution in [0.3, 0.4) is 0 Å². The van der Waals surface area contributed by atoms with Crippen molar-refractivity contribution in [3.8, 4) is 0 Å². The molecule has 0 bridgehead atoms. The molecule has 1 aliphatic carbocycles. The Hall–Kier alpha value is -0.610. The van der Waals surface area contributed by atoms with Gasteiger partial charge in [0.05, 0.1) is 5.41 Å². The van der Waals surface area contributed by atoms with Crippen LogP contribution in [0.1, 0.15) is 39.5 Å². The van der Waals surface area contributed by atoms with Crippen molar-refractivity contribution < 1.29 is 9.90 Å². The van der Waals surface area contributed by atoms with Crippen molar-refractivity contribution in [1.29, 1.82) is 0 Å². The zero-order valence-corrected chi connectivity index (χ0v) is 12.2. The number of carbonyl (C=O) groups excluding carboxylic acids is 1. The second-order valence-corrected chi connectivity index (χ2v) is 6.58. The summed E-state index contributed by atoms with van der Waals surface area (Å²) in [7, 11) is 0. The van der Waals surface area contributed by atoms with E-state index in [4.69, 9.17) is 0 Å². The summed E-state index contributed by atoms with van der Waals surface area (Å²) in [5.41, 5.74) is -0.229. The first-order chi connectivity index (χ1) is 9.10. The third-order valence-corrected chi connectivity index (χ3v) is 5.32. The molecule has 19 heavy (non-hydrogen) atoms. The highest BCUT2D eigenvalue weighted by Crippen LogP contribution is 2.35. The molecule has 0 aromatic heterocycles. The van der Waals surface area contributed by atoms with Crippen molar-refractivity contribution in [2.45, 2.75) is 39.5 Å². The maximum Gasteiger partial charge on any atom is 0.227 e. The summed E-state index contributed by atoms with van der Waals surface area (Å²) in [4.78, 5) is 12.5. The molecule has 1 heterocycles. The average molecular weight is 268 g/mol. The molecule has 3 atom stereocenters. The van der Waals surface area contributed by atoms with Gasteiger partial charge in [0, 0.05) is 19.7 Å². The summed E-state index contributed by atoms with van der Waals surface area (Å²) >= 11 is 0. The molecule has 2 rings (SSSR count). The maximum absolute atomic E-state index is 12.5. The van der Waals surface area contributed by atoms with E-state index < -0.39 is 0 Å². The number of amides is 1. The SMILES string of the molecule is CC(C)C1(C(=O)NCC2CCCC2CO)CCNC1. The average Bonchev–Trinajstić information content (AvgIpc) is 3.05. The van der Waals surface area contributed by atoms with Crippen molar-refractivity contribution in [2.75, 3.05) is 26.2 Å². The minimum Gasteiger partial charge on any atom is -0.396 e. The zero-order valence-electron chi connectivity index (χ0n) is 12.2. The lowest BCUT2D eigenvalue weighted by Crippen LogP contribution is -2.47. The summed E-state index contributed by atoms with van der Waals surface area (Å²) in [6.45, 7) is 7.01. The molecule has 2 fully saturated rings. The third-order valence-electron chi connectivity index (χ3n) is 5.32. The van der Waals surface area contributed by atoms with Gasteiger partial charge in [0.1, 0.15) is 0 Å². The van der Waals surface area contributed by atoms with Crippen LogP contribution in [0, 0.1) is 23.2 Å². The summed E-state index contributed by atoms with van der Waals surface area (Å²) in [6.07, 6.45) is 4.36. The number of rotatable bonds is 5. The Bertz CT molecular complexity index is 311. The predicted molar refractivity (Wildman–Crippen MR) is 75.7 cm³/mol. The van der Waals surface area contributed by atoms with Gasteiger partial charge >= 0.3 is 0 Å². The summed E-state index contributed by atoms with van der Waals surface area (Å²) < 4.78 is 0. The van der Waals surface area contributed by atoms with Crippen LogP contribution in [0.15, 0.2) is 0 Å². The maximum atomic E-state index is 12.5. The molecule has 3 N–H and O–H groups in total. The minimum atomic E-state index is -0.229. The first kappa shape index (κ1) is 14.8. The third kappa shape index (κ3) is 2.95. The van der Waals surface area contributed by atoms with Crippen molar-refractivity contribution in [3.63, 3.8) is 0 Å². The summed E-state index contributed by atoms with van der Waals surface area (Å²) in [5, 5.41) is 15.8. The van der Waals surface area contributed by atoms with Crippen LogP contribution >= 0.6 is 0 Å². The molecular formula is C15H28N2O2. The van der Waals surface area contributed by atoms with Crippen LogP contribution < -0.4 is 10.6 Å². The molecule has 0 radical (unpaired) electrons. The smallest absolute Gasteiger partial charge is 0.227 e. The van der Waals surface area contributed by atoms with Crippen molar-refractivity contribution >= 4 is 5.91 Å². The van der Waals surface area contributed by atoms with E-state index in [0.717, 1.165) is 38.9 Å². The topological polar surface area (TPSA) is 61.4 Å². The fourth-order valence-corrected chi connectivity index (χ4v) is 3.68. The second kappa shape index (κ2) is 6.23. The number of aliphatic hydroxyl groups excluding tert-OH is 1. The molecular weight excluding hydrogens is 240 g/mol. The lowest BCUT2D eigenvalue weighted by Gasteiger charge is -2.32. The molecule has 110 valence electrons. The van der Waals surface area contributed by atoms with E-state index in [1.165, 1.54) is 6.42 Å². The molecule has 1 aliphatic heterocycles. The zero-order chi connectivity index (χ0) is 13.9. The first-order valence-corrected chi connectivity index (χ1v) is 7.70. The van der Waals surface area contributed by atoms with Crippen LogP contribution in [0.25, 0.3) is 0 Å². The van der Waals surface area contributed by atoms with E-state index in [2.05, 4.69) is 24.5 Å². The number of hydrogen-bond donors (Lipinski definition) is 3. The lowest BCUT2D eigenvalue weighted by molar-refractivity contribution is -0.132. The Morgan fingerprint density at radius 3 is 2.74 bits per heavy atom. The fourth-order valence-electron chi connectivity index (χ4n) is 3.68. The van der Waals surface area contributed by atoms with E-state index >= 15 is 0 Å². The molecule has 1 saturated carbocycles. The van der Waals surface area contributed by atoms with E-state index in [1.54, 1.807) is 0 Å². The lowest BCUT2D eigenvalue weighted by atomic mass is 9.75. The van der Waals surface area contributed by atoms with Crippen LogP contribution in [0.5, 0.6) is 0 Å². The quantitative estimate of drug-likeness (QED) is 0.701. The van der Waals surface area contributed by atoms with E-state index in [1.807, 2.05) is 0 Å². The van der Waals surface area contributed by atoms with Gasteiger partial charge in [-0.3, -0.25) is 4.79 Å². The van der Waals surface area contributed by atoms with Crippen molar-refractivity contribution in [2.24, 2.45) is 23.2 Å². The van der Waals surface area contributed by atoms with Gasteiger partial charge in [-0.15, -0.1) is 0 Å². The molecule has 2 aliphatic rings. The van der Waals surface area contributed by atoms with Gasteiger partial charge in [0.25, 0.3) is 0 Å². The van der Waals surface area contributed by atoms with Crippen molar-refractivity contribution in [1.82, 2.24) is 10.6 Å². The van der Waals surface area contributed by atoms with Crippen LogP contribution in [0.2, 0.25) is 0 Å². The Morgan fingerprint density at radius 2 is 2.16 bits per heavy atom. The van der Waals surface area contributed by atoms with Gasteiger partial charge in [-0.2, -0.15) is 0 Å². The number of nitrogens with one attached hydrogen (secondary N) is 2. The molecule has 1 saturated heterocycles. The molecule has 0 spiro atoms. The highest BCUT2D eigenvalue weighted by molar-refractivity contribution is 5.83. The Balaban J connectivity index is 1.89. The van der Waals surface area contributed by atoms with Gasteiger partial charge in [-0.05, 0) is 43.6 Å². The van der Waals surface area contributed by atoms with Gasteiger partial charge in [0.15, 0.2) is 0 Å². The molecule has 4 nitrogen and oxygen atoms in total. The number of aliphatic hydroxyl groups is 1. The van der Waals surface area contributed by atoms with E-state index in [9.17, 15) is 9.90 Å². The van der Waals surface area contributed by atoms with Crippen LogP contribution in [0.4, 0.5) is 0 Å². The normalized spacial score (nSPS) is 34.9. The molecule has 0 aromatic carbocycles. The highest BCUT2D eigenvalue weighted by Gasteiger charge is 2.44. The van der Waals surface area contributed by atoms with Crippen LogP contribution in [-0.4, -0.2) is 37.3 Å². The van der Waals surface area contributed by atoms with E-state index in [-0.39, 0.29) is 17.9 Å². The first-order valence-electron chi connectivity index (χ1n) is 7.70. The molecule has 1 amide bonds. The second-order valence-electron chi connectivity index (χ2n) is 6.58. The molecule has 0 aromatic rings. The largest absolute Gasteiger partial charge is 0.396 e. The standard InChI is InChI=1S/C15H28N2O2/c1-11(2)15(6-7-16-10-15)14(19)17-8-12-4-3-5-13(12)9-18/h11-13,16,18H,3-10H2,1-2H3,(H,17,19). The number of carbonyl (C=O) groups is 1. The van der Waals surface area contributed by atoms with Crippen molar-refractivity contribution in [3.05, 3.63) is 0 Å². The van der Waals surface area contributed by atoms with Gasteiger partial charge in [-0.1, -0.05) is 20.3 Å². The fraction of sp³-hybridized carbons (Fsp3) is 0.933. The highest BCUT2D eigenvalue weighted by atomic mass is 16.3. The van der Waals surface area contributed by atoms with Gasteiger partial charge < -0.3 is 15.7 Å². The minimum absolute atomic E-state index is 0.205. The van der Waals surface area contributed by atoms with Gasteiger partial charge in [0.2, 0.25) is 5.91 Å². The van der Waals surface area contributed by atoms with E-state index in [0.29, 0.717) is 17.8 Å². The molecule has 4 heteroatoms. The molecule has 3 unspecified atom stereocenters. The Labute approximate surface area is 116 Å². The van der Waals surface area contributed by atoms with Crippen LogP contribution in [-0.2, 0) is 4.79 Å². The Kier molecular flexibility index (Phi) is 4.85. The predicted octanol–water partition coefficient (Wildman–Crippen LogP) is 1.15.